The number of nitro benzene ring substituents is 1. The van der Waals surface area contributed by atoms with Crippen LogP contribution >= 0.6 is 0 Å². The van der Waals surface area contributed by atoms with Gasteiger partial charge in [0.05, 0.1) is 11.2 Å². The highest BCUT2D eigenvalue weighted by Crippen LogP contribution is 2.25. The zero-order valence-corrected chi connectivity index (χ0v) is 17.4. The number of aromatic amines is 1. The summed E-state index contributed by atoms with van der Waals surface area (Å²) >= 11 is 0. The van der Waals surface area contributed by atoms with Gasteiger partial charge in [0, 0.05) is 34.5 Å². The molecule has 3 heterocycles. The number of aromatic nitrogens is 4. The van der Waals surface area contributed by atoms with Crippen LogP contribution in [0.1, 0.15) is 27.2 Å². The van der Waals surface area contributed by atoms with Crippen LogP contribution in [0.2, 0.25) is 0 Å². The number of carbonyl (C=O) groups is 1. The Hall–Kier alpha value is -4.54. The van der Waals surface area contributed by atoms with E-state index in [2.05, 4.69) is 20.4 Å². The van der Waals surface area contributed by atoms with Crippen LogP contribution in [0.15, 0.2) is 51.9 Å². The summed E-state index contributed by atoms with van der Waals surface area (Å²) in [6.45, 7) is 4.93. The van der Waals surface area contributed by atoms with Crippen LogP contribution in [0.3, 0.4) is 0 Å². The van der Waals surface area contributed by atoms with Gasteiger partial charge >= 0.3 is 0 Å². The molecule has 1 aromatic carbocycles. The lowest BCUT2D eigenvalue weighted by molar-refractivity contribution is -0.385. The number of nitro groups is 1. The number of benzene rings is 1. The fraction of sp³-hybridized carbons (Fsp3) is 0.143. The summed E-state index contributed by atoms with van der Waals surface area (Å²) in [5.41, 5.74) is 1.39. The monoisotopic (exact) mass is 434 g/mol. The summed E-state index contributed by atoms with van der Waals surface area (Å²) < 4.78 is 6.65. The van der Waals surface area contributed by atoms with Crippen LogP contribution in [0.25, 0.3) is 17.4 Å². The predicted octanol–water partition coefficient (Wildman–Crippen LogP) is 3.30. The topological polar surface area (TPSA) is 149 Å². The summed E-state index contributed by atoms with van der Waals surface area (Å²) in [7, 11) is 0. The number of carbonyl (C=O) groups excluding carboxylic acids is 1. The summed E-state index contributed by atoms with van der Waals surface area (Å²) in [5.74, 6) is 0.139. The second-order valence-electron chi connectivity index (χ2n) is 7.12. The van der Waals surface area contributed by atoms with Crippen LogP contribution in [0.4, 0.5) is 11.5 Å². The van der Waals surface area contributed by atoms with E-state index >= 15 is 0 Å². The molecule has 0 atom stereocenters. The third-order valence-corrected chi connectivity index (χ3v) is 4.98. The minimum absolute atomic E-state index is 0.0936. The molecule has 0 aliphatic rings. The molecule has 0 aliphatic carbocycles. The first kappa shape index (κ1) is 20.7. The number of nitrogens with zero attached hydrogens (tertiary/aromatic N) is 4. The van der Waals surface area contributed by atoms with E-state index in [-0.39, 0.29) is 28.6 Å². The summed E-state index contributed by atoms with van der Waals surface area (Å²) in [4.78, 5) is 42.8. The Morgan fingerprint density at radius 2 is 2.00 bits per heavy atom. The Balaban J connectivity index is 1.78. The third kappa shape index (κ3) is 3.78. The van der Waals surface area contributed by atoms with Gasteiger partial charge in [0.15, 0.2) is 5.76 Å². The Morgan fingerprint density at radius 3 is 2.66 bits per heavy atom. The number of amides is 1. The fourth-order valence-corrected chi connectivity index (χ4v) is 3.04. The molecule has 4 rings (SSSR count). The maximum atomic E-state index is 12.9. The zero-order chi connectivity index (χ0) is 23.0. The fourth-order valence-electron chi connectivity index (χ4n) is 3.04. The highest BCUT2D eigenvalue weighted by molar-refractivity contribution is 6.04. The number of nitrogens with one attached hydrogen (secondary N) is 2. The first-order valence-corrected chi connectivity index (χ1v) is 9.53. The summed E-state index contributed by atoms with van der Waals surface area (Å²) in [6.07, 6.45) is 1.48. The number of rotatable bonds is 5. The third-order valence-electron chi connectivity index (χ3n) is 4.98. The average molecular weight is 434 g/mol. The van der Waals surface area contributed by atoms with Gasteiger partial charge in [0.1, 0.15) is 11.5 Å². The van der Waals surface area contributed by atoms with Crippen LogP contribution < -0.4 is 10.9 Å². The molecular formula is C21H18N6O5. The molecule has 0 saturated carbocycles. The smallest absolute Gasteiger partial charge is 0.273 e. The molecule has 3 aromatic heterocycles. The first-order valence-electron chi connectivity index (χ1n) is 9.53. The quantitative estimate of drug-likeness (QED) is 0.361. The number of anilines is 1. The predicted molar refractivity (Wildman–Crippen MR) is 115 cm³/mol. The minimum atomic E-state index is -0.591. The Labute approximate surface area is 180 Å². The van der Waals surface area contributed by atoms with Gasteiger partial charge in [-0.25, -0.2) is 4.98 Å². The highest BCUT2D eigenvalue weighted by Gasteiger charge is 2.20. The van der Waals surface area contributed by atoms with Crippen molar-refractivity contribution in [1.82, 2.24) is 19.7 Å². The Morgan fingerprint density at radius 1 is 1.22 bits per heavy atom. The minimum Gasteiger partial charge on any atom is -0.463 e. The van der Waals surface area contributed by atoms with E-state index in [4.69, 9.17) is 4.42 Å². The maximum Gasteiger partial charge on any atom is 0.273 e. The van der Waals surface area contributed by atoms with Gasteiger partial charge in [0.25, 0.3) is 17.2 Å². The first-order chi connectivity index (χ1) is 15.2. The second-order valence-corrected chi connectivity index (χ2v) is 7.12. The van der Waals surface area contributed by atoms with Crippen molar-refractivity contribution < 1.29 is 14.1 Å². The van der Waals surface area contributed by atoms with E-state index in [0.717, 1.165) is 0 Å². The van der Waals surface area contributed by atoms with E-state index in [0.29, 0.717) is 28.3 Å². The van der Waals surface area contributed by atoms with E-state index in [9.17, 15) is 19.7 Å². The molecule has 0 spiro atoms. The molecule has 11 nitrogen and oxygen atoms in total. The van der Waals surface area contributed by atoms with Crippen molar-refractivity contribution in [2.75, 3.05) is 5.32 Å². The molecule has 2 N–H and O–H groups in total. The van der Waals surface area contributed by atoms with Crippen molar-refractivity contribution in [3.8, 4) is 17.4 Å². The van der Waals surface area contributed by atoms with E-state index < -0.39 is 10.8 Å². The van der Waals surface area contributed by atoms with Crippen LogP contribution in [0, 0.1) is 30.9 Å². The second kappa shape index (κ2) is 7.95. The van der Waals surface area contributed by atoms with Gasteiger partial charge in [-0.2, -0.15) is 9.78 Å². The molecular weight excluding hydrogens is 416 g/mol. The SMILES string of the molecule is Cc1ccc(C(=O)Nc2cc(-c3ccco3)nn2-c2nc(C)c(C)c(=O)[nH]2)cc1[N+](=O)[O-]. The van der Waals surface area contributed by atoms with E-state index in [1.807, 2.05) is 0 Å². The molecule has 32 heavy (non-hydrogen) atoms. The molecule has 162 valence electrons. The number of H-pyrrole nitrogens is 1. The van der Waals surface area contributed by atoms with Crippen molar-refractivity contribution >= 4 is 17.4 Å². The van der Waals surface area contributed by atoms with Crippen molar-refractivity contribution in [3.63, 3.8) is 0 Å². The molecule has 1 amide bonds. The molecule has 0 fully saturated rings. The van der Waals surface area contributed by atoms with Gasteiger partial charge < -0.3 is 9.73 Å². The average Bonchev–Trinajstić information content (AvgIpc) is 3.41. The molecule has 0 saturated heterocycles. The Bertz CT molecular complexity index is 1400. The summed E-state index contributed by atoms with van der Waals surface area (Å²) in [6, 6.07) is 9.12. The van der Waals surface area contributed by atoms with E-state index in [1.54, 1.807) is 39.0 Å². The number of hydrogen-bond donors (Lipinski definition) is 2. The molecule has 11 heteroatoms. The van der Waals surface area contributed by atoms with Crippen LogP contribution in [-0.4, -0.2) is 30.6 Å². The lowest BCUT2D eigenvalue weighted by Crippen LogP contribution is -2.21. The van der Waals surface area contributed by atoms with Crippen molar-refractivity contribution in [3.05, 3.63) is 85.5 Å². The maximum absolute atomic E-state index is 12.9. The van der Waals surface area contributed by atoms with Crippen LogP contribution in [-0.2, 0) is 0 Å². The van der Waals surface area contributed by atoms with Crippen molar-refractivity contribution in [2.24, 2.45) is 0 Å². The zero-order valence-electron chi connectivity index (χ0n) is 17.4. The van der Waals surface area contributed by atoms with Gasteiger partial charge in [-0.15, -0.1) is 0 Å². The lowest BCUT2D eigenvalue weighted by atomic mass is 10.1. The standard InChI is InChI=1S/C21H18N6O5/c1-11-6-7-14(9-16(11)27(30)31)20(29)23-18-10-15(17-5-4-8-32-17)25-26(18)21-22-13(3)12(2)19(28)24-21/h4-10H,1-3H3,(H,23,29)(H,22,24,28). The van der Waals surface area contributed by atoms with Crippen molar-refractivity contribution in [1.29, 1.82) is 0 Å². The van der Waals surface area contributed by atoms with Gasteiger partial charge in [0.2, 0.25) is 5.95 Å². The van der Waals surface area contributed by atoms with E-state index in [1.165, 1.54) is 29.1 Å². The molecule has 0 unspecified atom stereocenters. The highest BCUT2D eigenvalue weighted by atomic mass is 16.6. The normalized spacial score (nSPS) is 10.8. The number of furan rings is 1. The van der Waals surface area contributed by atoms with Crippen molar-refractivity contribution in [2.45, 2.75) is 20.8 Å². The van der Waals surface area contributed by atoms with Crippen LogP contribution in [0.5, 0.6) is 0 Å². The number of hydrogen-bond acceptors (Lipinski definition) is 7. The Kier molecular flexibility index (Phi) is 5.15. The summed E-state index contributed by atoms with van der Waals surface area (Å²) in [5, 5.41) is 18.3. The largest absolute Gasteiger partial charge is 0.463 e. The van der Waals surface area contributed by atoms with Gasteiger partial charge in [-0.05, 0) is 39.0 Å². The van der Waals surface area contributed by atoms with Gasteiger partial charge in [-0.3, -0.25) is 24.7 Å². The molecule has 0 radical (unpaired) electrons. The number of aryl methyl sites for hydroxylation is 2. The molecule has 4 aromatic rings. The molecule has 0 aliphatic heterocycles. The lowest BCUT2D eigenvalue weighted by Gasteiger charge is -2.09. The van der Waals surface area contributed by atoms with Gasteiger partial charge in [-0.1, -0.05) is 6.07 Å². The molecule has 0 bridgehead atoms.